The molecule has 2 aromatic heterocycles. The molecule has 0 bridgehead atoms. The van der Waals surface area contributed by atoms with Gasteiger partial charge in [-0.05, 0) is 38.5 Å². The number of nitrogens with one attached hydrogen (secondary N) is 1. The SMILES string of the molecule is CCOc1ccc([C@@H](C)Nc2ncnc3oc(C)nc23)cc1OCC. The lowest BCUT2D eigenvalue weighted by molar-refractivity contribution is 0.287. The molecule has 0 spiro atoms. The van der Waals surface area contributed by atoms with Gasteiger partial charge in [-0.15, -0.1) is 0 Å². The number of hydrogen-bond acceptors (Lipinski definition) is 7. The van der Waals surface area contributed by atoms with Gasteiger partial charge < -0.3 is 19.2 Å². The number of fused-ring (bicyclic) bond motifs is 1. The van der Waals surface area contributed by atoms with Crippen LogP contribution in [0, 0.1) is 6.92 Å². The van der Waals surface area contributed by atoms with Crippen molar-refractivity contribution < 1.29 is 13.9 Å². The zero-order valence-electron chi connectivity index (χ0n) is 14.9. The topological polar surface area (TPSA) is 82.3 Å². The van der Waals surface area contributed by atoms with Gasteiger partial charge in [0, 0.05) is 6.92 Å². The Bertz CT molecular complexity index is 863. The predicted molar refractivity (Wildman–Crippen MR) is 95.2 cm³/mol. The van der Waals surface area contributed by atoms with E-state index in [1.807, 2.05) is 39.0 Å². The van der Waals surface area contributed by atoms with Crippen LogP contribution in [0.25, 0.3) is 11.2 Å². The van der Waals surface area contributed by atoms with Gasteiger partial charge in [-0.3, -0.25) is 0 Å². The number of anilines is 1. The first-order valence-electron chi connectivity index (χ1n) is 8.36. The van der Waals surface area contributed by atoms with Gasteiger partial charge in [0.2, 0.25) is 0 Å². The highest BCUT2D eigenvalue weighted by atomic mass is 16.5. The number of aromatic nitrogens is 3. The fourth-order valence-corrected chi connectivity index (χ4v) is 2.59. The van der Waals surface area contributed by atoms with Gasteiger partial charge in [0.1, 0.15) is 6.33 Å². The van der Waals surface area contributed by atoms with Gasteiger partial charge in [0.05, 0.1) is 19.3 Å². The first kappa shape index (κ1) is 17.0. The fraction of sp³-hybridized carbons (Fsp3) is 0.389. The lowest BCUT2D eigenvalue weighted by Crippen LogP contribution is -2.09. The smallest absolute Gasteiger partial charge is 0.252 e. The molecule has 0 saturated heterocycles. The third-order valence-electron chi connectivity index (χ3n) is 3.72. The van der Waals surface area contributed by atoms with Gasteiger partial charge >= 0.3 is 0 Å². The molecule has 3 aromatic rings. The molecule has 0 saturated carbocycles. The molecule has 25 heavy (non-hydrogen) atoms. The molecule has 7 nitrogen and oxygen atoms in total. The minimum Gasteiger partial charge on any atom is -0.490 e. The number of rotatable bonds is 7. The van der Waals surface area contributed by atoms with E-state index in [0.717, 1.165) is 17.1 Å². The van der Waals surface area contributed by atoms with Crippen LogP contribution in [-0.2, 0) is 0 Å². The molecule has 0 unspecified atom stereocenters. The lowest BCUT2D eigenvalue weighted by atomic mass is 10.1. The molecular weight excluding hydrogens is 320 g/mol. The Labute approximate surface area is 146 Å². The van der Waals surface area contributed by atoms with Gasteiger partial charge in [-0.25, -0.2) is 9.97 Å². The minimum absolute atomic E-state index is 0.00927. The van der Waals surface area contributed by atoms with Crippen molar-refractivity contribution in [2.75, 3.05) is 18.5 Å². The normalized spacial score (nSPS) is 12.2. The largest absolute Gasteiger partial charge is 0.490 e. The standard InChI is InChI=1S/C18H22N4O3/c1-5-23-14-8-7-13(9-15(14)24-6-2)11(3)21-17-16-18(20-10-19-17)25-12(4)22-16/h7-11H,5-6H2,1-4H3,(H,19,20,21)/t11-/m1/s1. The van der Waals surface area contributed by atoms with Crippen LogP contribution < -0.4 is 14.8 Å². The molecule has 0 amide bonds. The molecule has 0 radical (unpaired) electrons. The number of benzene rings is 1. The van der Waals surface area contributed by atoms with Gasteiger partial charge in [0.15, 0.2) is 28.7 Å². The number of ether oxygens (including phenoxy) is 2. The minimum atomic E-state index is -0.00927. The maximum Gasteiger partial charge on any atom is 0.252 e. The predicted octanol–water partition coefficient (Wildman–Crippen LogP) is 3.90. The molecule has 1 N–H and O–H groups in total. The summed E-state index contributed by atoms with van der Waals surface area (Å²) in [5.41, 5.74) is 2.16. The van der Waals surface area contributed by atoms with Crippen LogP contribution in [0.1, 0.15) is 38.3 Å². The second-order valence-corrected chi connectivity index (χ2v) is 5.55. The third kappa shape index (κ3) is 3.65. The summed E-state index contributed by atoms with van der Waals surface area (Å²) < 4.78 is 16.8. The lowest BCUT2D eigenvalue weighted by Gasteiger charge is -2.17. The molecule has 3 rings (SSSR count). The Morgan fingerprint density at radius 2 is 1.88 bits per heavy atom. The molecule has 1 aromatic carbocycles. The number of hydrogen-bond donors (Lipinski definition) is 1. The highest BCUT2D eigenvalue weighted by Gasteiger charge is 2.15. The van der Waals surface area contributed by atoms with Crippen molar-refractivity contribution in [2.24, 2.45) is 0 Å². The van der Waals surface area contributed by atoms with Crippen molar-refractivity contribution >= 4 is 17.0 Å². The van der Waals surface area contributed by atoms with E-state index in [0.29, 0.717) is 36.2 Å². The molecule has 0 aliphatic carbocycles. The van der Waals surface area contributed by atoms with E-state index in [4.69, 9.17) is 13.9 Å². The van der Waals surface area contributed by atoms with Crippen molar-refractivity contribution in [2.45, 2.75) is 33.7 Å². The Hall–Kier alpha value is -2.83. The first-order valence-corrected chi connectivity index (χ1v) is 8.36. The molecule has 2 heterocycles. The Morgan fingerprint density at radius 3 is 2.64 bits per heavy atom. The average Bonchev–Trinajstić information content (AvgIpc) is 2.98. The maximum atomic E-state index is 5.70. The third-order valence-corrected chi connectivity index (χ3v) is 3.72. The van der Waals surface area contributed by atoms with Crippen LogP contribution in [0.15, 0.2) is 28.9 Å². The van der Waals surface area contributed by atoms with Gasteiger partial charge in [-0.1, -0.05) is 6.07 Å². The summed E-state index contributed by atoms with van der Waals surface area (Å²) in [6.45, 7) is 8.92. The van der Waals surface area contributed by atoms with Crippen LogP contribution in [0.4, 0.5) is 5.82 Å². The van der Waals surface area contributed by atoms with Crippen LogP contribution >= 0.6 is 0 Å². The number of aryl methyl sites for hydroxylation is 1. The number of nitrogens with zero attached hydrogens (tertiary/aromatic N) is 3. The maximum absolute atomic E-state index is 5.70. The molecular formula is C18H22N4O3. The van der Waals surface area contributed by atoms with Crippen molar-refractivity contribution in [3.8, 4) is 11.5 Å². The molecule has 7 heteroatoms. The second-order valence-electron chi connectivity index (χ2n) is 5.55. The summed E-state index contributed by atoms with van der Waals surface area (Å²) in [5.74, 6) is 2.68. The van der Waals surface area contributed by atoms with Crippen LogP contribution in [0.2, 0.25) is 0 Å². The summed E-state index contributed by atoms with van der Waals surface area (Å²) >= 11 is 0. The Morgan fingerprint density at radius 1 is 1.12 bits per heavy atom. The highest BCUT2D eigenvalue weighted by molar-refractivity contribution is 5.81. The zero-order chi connectivity index (χ0) is 17.8. The van der Waals surface area contributed by atoms with Crippen LogP contribution in [-0.4, -0.2) is 28.2 Å². The summed E-state index contributed by atoms with van der Waals surface area (Å²) in [6.07, 6.45) is 1.46. The van der Waals surface area contributed by atoms with E-state index in [-0.39, 0.29) is 6.04 Å². The van der Waals surface area contributed by atoms with Crippen LogP contribution in [0.3, 0.4) is 0 Å². The summed E-state index contributed by atoms with van der Waals surface area (Å²) in [7, 11) is 0. The Balaban J connectivity index is 1.87. The van der Waals surface area contributed by atoms with Crippen molar-refractivity contribution in [1.29, 1.82) is 0 Å². The average molecular weight is 342 g/mol. The summed E-state index contributed by atoms with van der Waals surface area (Å²) in [4.78, 5) is 12.7. The van der Waals surface area contributed by atoms with E-state index in [2.05, 4.69) is 20.3 Å². The summed E-state index contributed by atoms with van der Waals surface area (Å²) in [5, 5.41) is 3.37. The van der Waals surface area contributed by atoms with Gasteiger partial charge in [-0.2, -0.15) is 4.98 Å². The molecule has 132 valence electrons. The molecule has 0 aliphatic heterocycles. The zero-order valence-corrected chi connectivity index (χ0v) is 14.9. The van der Waals surface area contributed by atoms with Crippen LogP contribution in [0.5, 0.6) is 11.5 Å². The van der Waals surface area contributed by atoms with E-state index in [9.17, 15) is 0 Å². The summed E-state index contributed by atoms with van der Waals surface area (Å²) in [6, 6.07) is 5.92. The van der Waals surface area contributed by atoms with E-state index >= 15 is 0 Å². The molecule has 0 aliphatic rings. The van der Waals surface area contributed by atoms with Crippen molar-refractivity contribution in [1.82, 2.24) is 15.0 Å². The van der Waals surface area contributed by atoms with E-state index in [1.54, 1.807) is 6.92 Å². The quantitative estimate of drug-likeness (QED) is 0.697. The van der Waals surface area contributed by atoms with E-state index < -0.39 is 0 Å². The van der Waals surface area contributed by atoms with E-state index in [1.165, 1.54) is 6.33 Å². The van der Waals surface area contributed by atoms with Gasteiger partial charge in [0.25, 0.3) is 5.71 Å². The van der Waals surface area contributed by atoms with Crippen molar-refractivity contribution in [3.05, 3.63) is 36.0 Å². The fourth-order valence-electron chi connectivity index (χ4n) is 2.59. The Kier molecular flexibility index (Phi) is 5.02. The number of oxazole rings is 1. The monoisotopic (exact) mass is 342 g/mol. The second kappa shape index (κ2) is 7.38. The molecule has 0 fully saturated rings. The van der Waals surface area contributed by atoms with Crippen molar-refractivity contribution in [3.63, 3.8) is 0 Å². The highest BCUT2D eigenvalue weighted by Crippen LogP contribution is 2.32. The molecule has 1 atom stereocenters. The first-order chi connectivity index (χ1) is 12.1.